The summed E-state index contributed by atoms with van der Waals surface area (Å²) in [4.78, 5) is 11.7. The van der Waals surface area contributed by atoms with E-state index < -0.39 is 4.92 Å². The van der Waals surface area contributed by atoms with E-state index in [0.717, 1.165) is 0 Å². The number of benzene rings is 1. The lowest BCUT2D eigenvalue weighted by Gasteiger charge is -2.13. The van der Waals surface area contributed by atoms with Gasteiger partial charge in [-0.15, -0.1) is 0 Å². The van der Waals surface area contributed by atoms with E-state index in [4.69, 9.17) is 11.6 Å². The topological polar surface area (TPSA) is 46.4 Å². The first-order valence-corrected chi connectivity index (χ1v) is 4.01. The van der Waals surface area contributed by atoms with E-state index in [9.17, 15) is 10.1 Å². The standard InChI is InChI=1S/C8H9ClN2O2/c1-10(2)8-5-6(11(12)13)3-4-7(8)9/h3-5H,1-2H3. The first kappa shape index (κ1) is 9.80. The van der Waals surface area contributed by atoms with Gasteiger partial charge >= 0.3 is 0 Å². The molecule has 70 valence electrons. The lowest BCUT2D eigenvalue weighted by molar-refractivity contribution is -0.384. The number of nitro groups is 1. The monoisotopic (exact) mass is 200 g/mol. The minimum absolute atomic E-state index is 0.0492. The van der Waals surface area contributed by atoms with E-state index in [-0.39, 0.29) is 5.69 Å². The highest BCUT2D eigenvalue weighted by Gasteiger charge is 2.10. The van der Waals surface area contributed by atoms with Gasteiger partial charge in [-0.05, 0) is 6.07 Å². The number of hydrogen-bond donors (Lipinski definition) is 0. The summed E-state index contributed by atoms with van der Waals surface area (Å²) in [6, 6.07) is 4.35. The summed E-state index contributed by atoms with van der Waals surface area (Å²) in [5, 5.41) is 10.9. The van der Waals surface area contributed by atoms with Crippen molar-refractivity contribution < 1.29 is 4.92 Å². The molecule has 5 heteroatoms. The number of nitrogens with zero attached hydrogens (tertiary/aromatic N) is 2. The molecule has 0 unspecified atom stereocenters. The van der Waals surface area contributed by atoms with E-state index in [1.807, 2.05) is 0 Å². The van der Waals surface area contributed by atoms with Crippen LogP contribution in [-0.4, -0.2) is 19.0 Å². The fourth-order valence-electron chi connectivity index (χ4n) is 0.957. The van der Waals surface area contributed by atoms with Crippen molar-refractivity contribution in [2.45, 2.75) is 0 Å². The number of rotatable bonds is 2. The maximum absolute atomic E-state index is 10.4. The second-order valence-corrected chi connectivity index (χ2v) is 3.19. The Balaban J connectivity index is 3.19. The van der Waals surface area contributed by atoms with Gasteiger partial charge in [0, 0.05) is 26.2 Å². The Kier molecular flexibility index (Phi) is 2.72. The number of nitro benzene ring substituents is 1. The Morgan fingerprint density at radius 1 is 1.46 bits per heavy atom. The maximum Gasteiger partial charge on any atom is 0.271 e. The molecule has 1 aromatic rings. The van der Waals surface area contributed by atoms with Crippen LogP contribution in [0, 0.1) is 10.1 Å². The molecular formula is C8H9ClN2O2. The number of non-ortho nitro benzene ring substituents is 1. The summed E-state index contributed by atoms with van der Waals surface area (Å²) >= 11 is 5.83. The average molecular weight is 201 g/mol. The van der Waals surface area contributed by atoms with Gasteiger partial charge in [-0.25, -0.2) is 0 Å². The average Bonchev–Trinajstić information content (AvgIpc) is 2.04. The van der Waals surface area contributed by atoms with Crippen LogP contribution in [0.15, 0.2) is 18.2 Å². The maximum atomic E-state index is 10.4. The SMILES string of the molecule is CN(C)c1cc([N+](=O)[O-])ccc1Cl. The fourth-order valence-corrected chi connectivity index (χ4v) is 1.24. The van der Waals surface area contributed by atoms with Gasteiger partial charge in [0.2, 0.25) is 0 Å². The quantitative estimate of drug-likeness (QED) is 0.544. The molecule has 0 radical (unpaired) electrons. The molecule has 0 atom stereocenters. The van der Waals surface area contributed by atoms with Crippen LogP contribution in [0.2, 0.25) is 5.02 Å². The van der Waals surface area contributed by atoms with Crippen LogP contribution in [0.25, 0.3) is 0 Å². The van der Waals surface area contributed by atoms with Gasteiger partial charge < -0.3 is 4.90 Å². The number of anilines is 1. The predicted molar refractivity (Wildman–Crippen MR) is 52.4 cm³/mol. The molecule has 0 bridgehead atoms. The predicted octanol–water partition coefficient (Wildman–Crippen LogP) is 2.31. The molecule has 0 saturated heterocycles. The van der Waals surface area contributed by atoms with Gasteiger partial charge in [0.25, 0.3) is 5.69 Å². The zero-order valence-corrected chi connectivity index (χ0v) is 8.08. The summed E-state index contributed by atoms with van der Waals surface area (Å²) in [6.45, 7) is 0. The van der Waals surface area contributed by atoms with E-state index in [1.54, 1.807) is 19.0 Å². The largest absolute Gasteiger partial charge is 0.376 e. The van der Waals surface area contributed by atoms with E-state index in [1.165, 1.54) is 18.2 Å². The van der Waals surface area contributed by atoms with Crippen LogP contribution in [0.5, 0.6) is 0 Å². The second kappa shape index (κ2) is 3.62. The molecule has 0 aliphatic carbocycles. The van der Waals surface area contributed by atoms with Crippen molar-refractivity contribution in [3.63, 3.8) is 0 Å². The van der Waals surface area contributed by atoms with Crippen molar-refractivity contribution in [3.8, 4) is 0 Å². The molecule has 4 nitrogen and oxygen atoms in total. The summed E-state index contributed by atoms with van der Waals surface area (Å²) in [6.07, 6.45) is 0. The van der Waals surface area contributed by atoms with Gasteiger partial charge in [-0.1, -0.05) is 11.6 Å². The second-order valence-electron chi connectivity index (χ2n) is 2.79. The van der Waals surface area contributed by atoms with Crippen molar-refractivity contribution in [1.82, 2.24) is 0 Å². The van der Waals surface area contributed by atoms with Crippen molar-refractivity contribution in [2.24, 2.45) is 0 Å². The van der Waals surface area contributed by atoms with Crippen LogP contribution in [0.1, 0.15) is 0 Å². The molecular weight excluding hydrogens is 192 g/mol. The third kappa shape index (κ3) is 2.09. The Morgan fingerprint density at radius 3 is 2.54 bits per heavy atom. The molecule has 1 rings (SSSR count). The molecule has 0 amide bonds. The Bertz CT molecular complexity index is 339. The Hall–Kier alpha value is -1.29. The van der Waals surface area contributed by atoms with Gasteiger partial charge in [0.1, 0.15) is 0 Å². The zero-order chi connectivity index (χ0) is 10.0. The molecule has 0 aromatic heterocycles. The molecule has 0 heterocycles. The lowest BCUT2D eigenvalue weighted by Crippen LogP contribution is -2.09. The van der Waals surface area contributed by atoms with Crippen molar-refractivity contribution in [1.29, 1.82) is 0 Å². The van der Waals surface area contributed by atoms with Crippen LogP contribution in [0.3, 0.4) is 0 Å². The van der Waals surface area contributed by atoms with E-state index in [0.29, 0.717) is 10.7 Å². The third-order valence-corrected chi connectivity index (χ3v) is 1.94. The molecule has 0 aliphatic heterocycles. The highest BCUT2D eigenvalue weighted by molar-refractivity contribution is 6.33. The number of hydrogen-bond acceptors (Lipinski definition) is 3. The first-order valence-electron chi connectivity index (χ1n) is 3.63. The Labute approximate surface area is 80.9 Å². The van der Waals surface area contributed by atoms with Crippen LogP contribution < -0.4 is 4.90 Å². The van der Waals surface area contributed by atoms with Crippen molar-refractivity contribution in [2.75, 3.05) is 19.0 Å². The zero-order valence-electron chi connectivity index (χ0n) is 7.32. The molecule has 1 aromatic carbocycles. The van der Waals surface area contributed by atoms with Gasteiger partial charge in [-0.3, -0.25) is 10.1 Å². The summed E-state index contributed by atoms with van der Waals surface area (Å²) in [5.41, 5.74) is 0.698. The van der Waals surface area contributed by atoms with E-state index in [2.05, 4.69) is 0 Å². The normalized spacial score (nSPS) is 9.77. The highest BCUT2D eigenvalue weighted by Crippen LogP contribution is 2.28. The van der Waals surface area contributed by atoms with Crippen LogP contribution >= 0.6 is 11.6 Å². The fraction of sp³-hybridized carbons (Fsp3) is 0.250. The first-order chi connectivity index (χ1) is 6.02. The van der Waals surface area contributed by atoms with Crippen molar-refractivity contribution >= 4 is 23.0 Å². The molecule has 0 fully saturated rings. The number of halogens is 1. The Morgan fingerprint density at radius 2 is 2.08 bits per heavy atom. The van der Waals surface area contributed by atoms with E-state index >= 15 is 0 Å². The van der Waals surface area contributed by atoms with Gasteiger partial charge in [-0.2, -0.15) is 0 Å². The molecule has 0 N–H and O–H groups in total. The van der Waals surface area contributed by atoms with Gasteiger partial charge in [0.15, 0.2) is 0 Å². The van der Waals surface area contributed by atoms with Crippen molar-refractivity contribution in [3.05, 3.63) is 33.3 Å². The van der Waals surface area contributed by atoms with Crippen LogP contribution in [-0.2, 0) is 0 Å². The highest BCUT2D eigenvalue weighted by atomic mass is 35.5. The molecule has 0 spiro atoms. The minimum atomic E-state index is -0.441. The lowest BCUT2D eigenvalue weighted by atomic mass is 10.2. The smallest absolute Gasteiger partial charge is 0.271 e. The van der Waals surface area contributed by atoms with Gasteiger partial charge in [0.05, 0.1) is 15.6 Å². The molecule has 0 saturated carbocycles. The summed E-state index contributed by atoms with van der Waals surface area (Å²) in [7, 11) is 3.57. The molecule has 0 aliphatic rings. The third-order valence-electron chi connectivity index (χ3n) is 1.62. The molecule has 13 heavy (non-hydrogen) atoms. The summed E-state index contributed by atoms with van der Waals surface area (Å²) in [5.74, 6) is 0. The summed E-state index contributed by atoms with van der Waals surface area (Å²) < 4.78 is 0. The van der Waals surface area contributed by atoms with Crippen LogP contribution in [0.4, 0.5) is 11.4 Å². The minimum Gasteiger partial charge on any atom is -0.376 e.